The third-order valence-corrected chi connectivity index (χ3v) is 3.91. The van der Waals surface area contributed by atoms with Gasteiger partial charge in [-0.25, -0.2) is 0 Å². The van der Waals surface area contributed by atoms with Crippen LogP contribution in [0.5, 0.6) is 0 Å². The zero-order valence-electron chi connectivity index (χ0n) is 13.9. The Hall–Kier alpha value is -0.830. The summed E-state index contributed by atoms with van der Waals surface area (Å²) in [5.74, 6) is 0.671. The molecule has 0 aromatic rings. The van der Waals surface area contributed by atoms with E-state index in [1.807, 2.05) is 0 Å². The topological polar surface area (TPSA) is 85.5 Å². The number of hydrogen-bond donors (Lipinski definition) is 5. The van der Waals surface area contributed by atoms with Crippen LogP contribution < -0.4 is 21.3 Å². The summed E-state index contributed by atoms with van der Waals surface area (Å²) in [5, 5.41) is 11.7. The van der Waals surface area contributed by atoms with E-state index in [9.17, 15) is 9.59 Å². The van der Waals surface area contributed by atoms with E-state index in [0.717, 1.165) is 19.6 Å². The highest BCUT2D eigenvalue weighted by Crippen LogP contribution is 2.07. The van der Waals surface area contributed by atoms with Gasteiger partial charge < -0.3 is 26.2 Å². The Labute approximate surface area is 144 Å². The molecule has 0 atom stereocenters. The third-order valence-electron chi connectivity index (χ3n) is 3.68. The molecule has 0 radical (unpaired) electrons. The molecular formula is C15H31N5O2S. The number of nitrogens with one attached hydrogen (secondary N) is 4. The summed E-state index contributed by atoms with van der Waals surface area (Å²) in [7, 11) is 0. The Balaban J connectivity index is 1.88. The number of carbonyl (C=O) groups is 2. The average molecular weight is 346 g/mol. The van der Waals surface area contributed by atoms with Crippen molar-refractivity contribution in [2.24, 2.45) is 0 Å². The van der Waals surface area contributed by atoms with Gasteiger partial charge in [-0.2, -0.15) is 12.6 Å². The third kappa shape index (κ3) is 11.4. The molecule has 0 bridgehead atoms. The van der Waals surface area contributed by atoms with Gasteiger partial charge in [-0.1, -0.05) is 6.42 Å². The van der Waals surface area contributed by atoms with Gasteiger partial charge in [0.2, 0.25) is 11.8 Å². The van der Waals surface area contributed by atoms with E-state index in [1.54, 1.807) is 0 Å². The van der Waals surface area contributed by atoms with Crippen molar-refractivity contribution < 1.29 is 9.59 Å². The number of rotatable bonds is 12. The summed E-state index contributed by atoms with van der Waals surface area (Å²) in [6.07, 6.45) is 3.87. The lowest BCUT2D eigenvalue weighted by Crippen LogP contribution is -2.42. The van der Waals surface area contributed by atoms with Crippen LogP contribution in [0.4, 0.5) is 0 Å². The summed E-state index contributed by atoms with van der Waals surface area (Å²) in [4.78, 5) is 25.5. The first kappa shape index (κ1) is 20.2. The van der Waals surface area contributed by atoms with Gasteiger partial charge in [-0.05, 0) is 25.9 Å². The standard InChI is InChI=1S/C15H31N5O2S/c21-14(13-17-7-11-23)18-5-4-16-12-15(22)19-6-10-20-8-2-1-3-9-20/h16-17,23H,1-13H2,(H,18,21)(H,19,22). The molecule has 2 amide bonds. The van der Waals surface area contributed by atoms with Crippen molar-refractivity contribution >= 4 is 24.4 Å². The highest BCUT2D eigenvalue weighted by Gasteiger charge is 2.09. The van der Waals surface area contributed by atoms with Gasteiger partial charge in [0.25, 0.3) is 0 Å². The van der Waals surface area contributed by atoms with Crippen LogP contribution in [0.25, 0.3) is 0 Å². The molecule has 0 aliphatic carbocycles. The highest BCUT2D eigenvalue weighted by molar-refractivity contribution is 7.80. The zero-order valence-corrected chi connectivity index (χ0v) is 14.8. The van der Waals surface area contributed by atoms with Gasteiger partial charge in [0.15, 0.2) is 0 Å². The van der Waals surface area contributed by atoms with Crippen LogP contribution in [-0.4, -0.2) is 81.4 Å². The van der Waals surface area contributed by atoms with Crippen molar-refractivity contribution in [1.29, 1.82) is 0 Å². The van der Waals surface area contributed by atoms with Crippen molar-refractivity contribution in [2.75, 3.05) is 64.7 Å². The minimum atomic E-state index is -0.0421. The van der Waals surface area contributed by atoms with E-state index in [2.05, 4.69) is 38.8 Å². The maximum Gasteiger partial charge on any atom is 0.234 e. The predicted octanol–water partition coefficient (Wildman–Crippen LogP) is -1.19. The number of nitrogens with zero attached hydrogens (tertiary/aromatic N) is 1. The number of piperidine rings is 1. The lowest BCUT2D eigenvalue weighted by molar-refractivity contribution is -0.120. The summed E-state index contributed by atoms with van der Waals surface area (Å²) in [5.41, 5.74) is 0. The molecule has 1 saturated heterocycles. The second-order valence-electron chi connectivity index (χ2n) is 5.68. The number of hydrogen-bond acceptors (Lipinski definition) is 6. The van der Waals surface area contributed by atoms with Crippen LogP contribution in [-0.2, 0) is 9.59 Å². The van der Waals surface area contributed by atoms with E-state index in [-0.39, 0.29) is 18.4 Å². The highest BCUT2D eigenvalue weighted by atomic mass is 32.1. The first-order valence-corrected chi connectivity index (χ1v) is 9.13. The monoisotopic (exact) mass is 345 g/mol. The molecule has 1 aliphatic rings. The number of amides is 2. The molecule has 8 heteroatoms. The predicted molar refractivity (Wildman–Crippen MR) is 95.9 cm³/mol. The molecule has 1 rings (SSSR count). The van der Waals surface area contributed by atoms with Gasteiger partial charge in [-0.3, -0.25) is 9.59 Å². The van der Waals surface area contributed by atoms with Crippen molar-refractivity contribution in [3.63, 3.8) is 0 Å². The second kappa shape index (κ2) is 13.6. The van der Waals surface area contributed by atoms with Gasteiger partial charge in [0.1, 0.15) is 0 Å². The van der Waals surface area contributed by atoms with Gasteiger partial charge in [0, 0.05) is 38.5 Å². The van der Waals surface area contributed by atoms with Crippen LogP contribution in [0.3, 0.4) is 0 Å². The minimum Gasteiger partial charge on any atom is -0.354 e. The van der Waals surface area contributed by atoms with Crippen LogP contribution in [0.1, 0.15) is 19.3 Å². The van der Waals surface area contributed by atoms with Crippen LogP contribution in [0.2, 0.25) is 0 Å². The summed E-state index contributed by atoms with van der Waals surface area (Å²) >= 11 is 4.05. The van der Waals surface area contributed by atoms with Crippen LogP contribution in [0.15, 0.2) is 0 Å². The minimum absolute atomic E-state index is 0.00350. The van der Waals surface area contributed by atoms with Crippen molar-refractivity contribution in [1.82, 2.24) is 26.2 Å². The van der Waals surface area contributed by atoms with E-state index in [1.165, 1.54) is 19.3 Å². The molecule has 1 heterocycles. The fraction of sp³-hybridized carbons (Fsp3) is 0.867. The summed E-state index contributed by atoms with van der Waals surface area (Å²) < 4.78 is 0. The molecule has 1 aliphatic heterocycles. The van der Waals surface area contributed by atoms with Crippen molar-refractivity contribution in [3.05, 3.63) is 0 Å². The van der Waals surface area contributed by atoms with Gasteiger partial charge >= 0.3 is 0 Å². The molecule has 134 valence electrons. The fourth-order valence-corrected chi connectivity index (χ4v) is 2.59. The molecule has 7 nitrogen and oxygen atoms in total. The number of likely N-dealkylation sites (tertiary alicyclic amines) is 1. The van der Waals surface area contributed by atoms with Gasteiger partial charge in [-0.15, -0.1) is 0 Å². The first-order chi connectivity index (χ1) is 11.2. The smallest absolute Gasteiger partial charge is 0.234 e. The Bertz CT molecular complexity index is 338. The van der Waals surface area contributed by atoms with Crippen molar-refractivity contribution in [3.8, 4) is 0 Å². The molecule has 0 spiro atoms. The van der Waals surface area contributed by atoms with E-state index < -0.39 is 0 Å². The summed E-state index contributed by atoms with van der Waals surface area (Å²) in [6.45, 7) is 6.33. The molecule has 0 aromatic carbocycles. The summed E-state index contributed by atoms with van der Waals surface area (Å²) in [6, 6.07) is 0. The normalized spacial score (nSPS) is 15.3. The second-order valence-corrected chi connectivity index (χ2v) is 6.13. The molecule has 23 heavy (non-hydrogen) atoms. The molecule has 4 N–H and O–H groups in total. The van der Waals surface area contributed by atoms with Crippen molar-refractivity contribution in [2.45, 2.75) is 19.3 Å². The quantitative estimate of drug-likeness (QED) is 0.227. The Morgan fingerprint density at radius 2 is 1.43 bits per heavy atom. The van der Waals surface area contributed by atoms with Crippen LogP contribution >= 0.6 is 12.6 Å². The molecule has 0 aromatic heterocycles. The maximum absolute atomic E-state index is 11.7. The lowest BCUT2D eigenvalue weighted by Gasteiger charge is -2.26. The Morgan fingerprint density at radius 1 is 0.826 bits per heavy atom. The molecule has 0 saturated carbocycles. The van der Waals surface area contributed by atoms with Gasteiger partial charge in [0.05, 0.1) is 13.1 Å². The number of carbonyl (C=O) groups excluding carboxylic acids is 2. The lowest BCUT2D eigenvalue weighted by atomic mass is 10.1. The average Bonchev–Trinajstić information content (AvgIpc) is 2.56. The molecule has 0 unspecified atom stereocenters. The van der Waals surface area contributed by atoms with E-state index in [4.69, 9.17) is 0 Å². The largest absolute Gasteiger partial charge is 0.354 e. The first-order valence-electron chi connectivity index (χ1n) is 8.50. The fourth-order valence-electron chi connectivity index (χ4n) is 2.43. The van der Waals surface area contributed by atoms with Crippen LogP contribution in [0, 0.1) is 0 Å². The zero-order chi connectivity index (χ0) is 16.8. The van der Waals surface area contributed by atoms with E-state index >= 15 is 0 Å². The Kier molecular flexibility index (Phi) is 11.9. The SMILES string of the molecule is O=C(CNCCS)NCCNCC(=O)NCCN1CCCCC1. The maximum atomic E-state index is 11.7. The molecular weight excluding hydrogens is 314 g/mol. The molecule has 1 fully saturated rings. The number of thiol groups is 1. The van der Waals surface area contributed by atoms with E-state index in [0.29, 0.717) is 38.5 Å². The Morgan fingerprint density at radius 3 is 2.09 bits per heavy atom.